The second kappa shape index (κ2) is 11.5. The fourth-order valence-corrected chi connectivity index (χ4v) is 5.32. The summed E-state index contributed by atoms with van der Waals surface area (Å²) < 4.78 is 11.0. The summed E-state index contributed by atoms with van der Waals surface area (Å²) in [7, 11) is 1.33. The van der Waals surface area contributed by atoms with Crippen molar-refractivity contribution >= 4 is 28.3 Å². The molecule has 1 aromatic heterocycles. The number of esters is 1. The number of anilines is 1. The van der Waals surface area contributed by atoms with Crippen LogP contribution in [-0.4, -0.2) is 24.0 Å². The van der Waals surface area contributed by atoms with E-state index in [1.54, 1.807) is 24.3 Å². The van der Waals surface area contributed by atoms with E-state index >= 15 is 0 Å². The number of aromatic nitrogens is 1. The summed E-state index contributed by atoms with van der Waals surface area (Å²) in [6, 6.07) is 22.7. The summed E-state index contributed by atoms with van der Waals surface area (Å²) in [5.74, 6) is 1.29. The van der Waals surface area contributed by atoms with Crippen LogP contribution in [0.5, 0.6) is 11.5 Å². The number of carbonyl (C=O) groups excluding carboxylic acids is 2. The van der Waals surface area contributed by atoms with Crippen molar-refractivity contribution < 1.29 is 19.1 Å². The van der Waals surface area contributed by atoms with E-state index in [1.807, 2.05) is 36.4 Å². The van der Waals surface area contributed by atoms with Crippen LogP contribution in [0.25, 0.3) is 10.8 Å². The number of nitrogens with zero attached hydrogens (tertiary/aromatic N) is 1. The lowest BCUT2D eigenvalue weighted by atomic mass is 9.87. The molecule has 4 aromatic rings. The van der Waals surface area contributed by atoms with Crippen molar-refractivity contribution in [2.75, 3.05) is 12.4 Å². The molecule has 206 valence electrons. The number of fused-ring (bicyclic) bond motifs is 1. The molecule has 5 rings (SSSR count). The minimum Gasteiger partial charge on any atom is -0.465 e. The summed E-state index contributed by atoms with van der Waals surface area (Å²) in [5.41, 5.74) is 3.46. The first-order valence-corrected chi connectivity index (χ1v) is 13.9. The summed E-state index contributed by atoms with van der Waals surface area (Å²) in [4.78, 5) is 30.1. The number of carbonyl (C=O) groups is 2. The van der Waals surface area contributed by atoms with Gasteiger partial charge in [-0.05, 0) is 77.2 Å². The van der Waals surface area contributed by atoms with Gasteiger partial charge in [-0.15, -0.1) is 0 Å². The van der Waals surface area contributed by atoms with Gasteiger partial charge in [0, 0.05) is 16.8 Å². The predicted molar refractivity (Wildman–Crippen MR) is 158 cm³/mol. The third kappa shape index (κ3) is 6.33. The van der Waals surface area contributed by atoms with Crippen LogP contribution in [0.3, 0.4) is 0 Å². The maximum atomic E-state index is 13.3. The van der Waals surface area contributed by atoms with Crippen LogP contribution in [0.15, 0.2) is 72.8 Å². The summed E-state index contributed by atoms with van der Waals surface area (Å²) >= 11 is 0. The fourth-order valence-electron chi connectivity index (χ4n) is 5.32. The minimum absolute atomic E-state index is 0.0798. The number of hydrogen-bond acceptors (Lipinski definition) is 5. The molecule has 0 bridgehead atoms. The van der Waals surface area contributed by atoms with E-state index in [4.69, 9.17) is 14.5 Å². The summed E-state index contributed by atoms with van der Waals surface area (Å²) in [6.45, 7) is 6.58. The largest absolute Gasteiger partial charge is 0.465 e. The molecule has 1 amide bonds. The Bertz CT molecular complexity index is 1530. The molecule has 3 aromatic carbocycles. The molecule has 0 atom stereocenters. The average Bonchev–Trinajstić information content (AvgIpc) is 3.46. The van der Waals surface area contributed by atoms with Crippen LogP contribution >= 0.6 is 0 Å². The lowest BCUT2D eigenvalue weighted by Gasteiger charge is -2.19. The van der Waals surface area contributed by atoms with E-state index in [2.05, 4.69) is 38.2 Å². The van der Waals surface area contributed by atoms with Gasteiger partial charge in [0.05, 0.1) is 12.7 Å². The van der Waals surface area contributed by atoms with Crippen LogP contribution in [0.1, 0.15) is 78.6 Å². The number of nitrogens with one attached hydrogen (secondary N) is 1. The SMILES string of the molecule is COC(=O)c1cccc(NC(=O)c2cc3ccc(Oc4ccc(C(C)(C)C)cc4)cc3c(CC3CCCC3)n2)c1. The van der Waals surface area contributed by atoms with Crippen LogP contribution in [0.4, 0.5) is 5.69 Å². The Balaban J connectivity index is 1.44. The van der Waals surface area contributed by atoms with Crippen molar-refractivity contribution in [1.29, 1.82) is 0 Å². The molecule has 6 heteroatoms. The first-order valence-electron chi connectivity index (χ1n) is 13.9. The molecule has 1 heterocycles. The molecule has 1 aliphatic carbocycles. The summed E-state index contributed by atoms with van der Waals surface area (Å²) in [5, 5.41) is 4.83. The Labute approximate surface area is 235 Å². The number of amides is 1. The van der Waals surface area contributed by atoms with Crippen molar-refractivity contribution in [3.63, 3.8) is 0 Å². The van der Waals surface area contributed by atoms with E-state index in [0.29, 0.717) is 22.9 Å². The van der Waals surface area contributed by atoms with Crippen molar-refractivity contribution in [3.05, 3.63) is 95.3 Å². The molecule has 0 aliphatic heterocycles. The van der Waals surface area contributed by atoms with Gasteiger partial charge >= 0.3 is 5.97 Å². The highest BCUT2D eigenvalue weighted by atomic mass is 16.5. The van der Waals surface area contributed by atoms with Gasteiger partial charge in [0.25, 0.3) is 5.91 Å². The Morgan fingerprint density at radius 1 is 0.925 bits per heavy atom. The lowest BCUT2D eigenvalue weighted by molar-refractivity contribution is 0.0600. The second-order valence-corrected chi connectivity index (χ2v) is 11.6. The molecular weight excluding hydrogens is 500 g/mol. The smallest absolute Gasteiger partial charge is 0.337 e. The molecule has 0 radical (unpaired) electrons. The second-order valence-electron chi connectivity index (χ2n) is 11.6. The molecule has 6 nitrogen and oxygen atoms in total. The third-order valence-corrected chi connectivity index (χ3v) is 7.57. The number of hydrogen-bond donors (Lipinski definition) is 1. The van der Waals surface area contributed by atoms with Crippen molar-refractivity contribution in [2.24, 2.45) is 5.92 Å². The van der Waals surface area contributed by atoms with Crippen LogP contribution in [0.2, 0.25) is 0 Å². The average molecular weight is 537 g/mol. The zero-order chi connectivity index (χ0) is 28.3. The quantitative estimate of drug-likeness (QED) is 0.242. The Hall–Kier alpha value is -4.19. The molecule has 0 spiro atoms. The predicted octanol–water partition coefficient (Wildman–Crippen LogP) is 8.10. The Kier molecular flexibility index (Phi) is 7.88. The van der Waals surface area contributed by atoms with Gasteiger partial charge in [-0.3, -0.25) is 4.79 Å². The monoisotopic (exact) mass is 536 g/mol. The van der Waals surface area contributed by atoms with Gasteiger partial charge in [-0.1, -0.05) is 70.7 Å². The van der Waals surface area contributed by atoms with Crippen molar-refractivity contribution in [3.8, 4) is 11.5 Å². The van der Waals surface area contributed by atoms with Gasteiger partial charge in [0.15, 0.2) is 0 Å². The molecule has 0 unspecified atom stereocenters. The summed E-state index contributed by atoms with van der Waals surface area (Å²) in [6.07, 6.45) is 5.64. The molecule has 1 fully saturated rings. The number of rotatable bonds is 7. The molecular formula is C34H36N2O4. The zero-order valence-electron chi connectivity index (χ0n) is 23.6. The molecule has 1 N–H and O–H groups in total. The van der Waals surface area contributed by atoms with Crippen LogP contribution in [-0.2, 0) is 16.6 Å². The maximum Gasteiger partial charge on any atom is 0.337 e. The normalized spacial score (nSPS) is 13.8. The highest BCUT2D eigenvalue weighted by molar-refractivity contribution is 6.05. The van der Waals surface area contributed by atoms with Gasteiger partial charge in [-0.25, -0.2) is 9.78 Å². The van der Waals surface area contributed by atoms with Gasteiger partial charge in [0.1, 0.15) is 17.2 Å². The standard InChI is InChI=1S/C34H36N2O4/c1-34(2,3)25-13-16-27(17-14-25)40-28-15-12-23-20-31(36-30(29(23)21-28)18-22-8-5-6-9-22)32(37)35-26-11-7-10-24(19-26)33(38)39-4/h7,10-17,19-22H,5-6,8-9,18H2,1-4H3,(H,35,37). The number of methoxy groups -OCH3 is 1. The van der Waals surface area contributed by atoms with E-state index in [1.165, 1.54) is 38.4 Å². The van der Waals surface area contributed by atoms with Gasteiger partial charge in [-0.2, -0.15) is 0 Å². The van der Waals surface area contributed by atoms with E-state index in [-0.39, 0.29) is 11.3 Å². The van der Waals surface area contributed by atoms with E-state index < -0.39 is 5.97 Å². The fraction of sp³-hybridized carbons (Fsp3) is 0.324. The first kappa shape index (κ1) is 27.4. The van der Waals surface area contributed by atoms with Crippen LogP contribution in [0, 0.1) is 5.92 Å². The van der Waals surface area contributed by atoms with E-state index in [9.17, 15) is 9.59 Å². The maximum absolute atomic E-state index is 13.3. The molecule has 0 saturated heterocycles. The highest BCUT2D eigenvalue weighted by Crippen LogP contribution is 2.33. The minimum atomic E-state index is -0.457. The highest BCUT2D eigenvalue weighted by Gasteiger charge is 2.20. The van der Waals surface area contributed by atoms with Gasteiger partial charge < -0.3 is 14.8 Å². The first-order chi connectivity index (χ1) is 19.2. The van der Waals surface area contributed by atoms with Crippen molar-refractivity contribution in [1.82, 2.24) is 4.98 Å². The number of benzene rings is 3. The molecule has 1 aliphatic rings. The topological polar surface area (TPSA) is 77.5 Å². The Morgan fingerprint density at radius 3 is 2.35 bits per heavy atom. The number of pyridine rings is 1. The van der Waals surface area contributed by atoms with Crippen LogP contribution < -0.4 is 10.1 Å². The number of ether oxygens (including phenoxy) is 2. The zero-order valence-corrected chi connectivity index (χ0v) is 23.6. The Morgan fingerprint density at radius 2 is 1.65 bits per heavy atom. The molecule has 1 saturated carbocycles. The molecule has 40 heavy (non-hydrogen) atoms. The van der Waals surface area contributed by atoms with Crippen molar-refractivity contribution in [2.45, 2.75) is 58.3 Å². The van der Waals surface area contributed by atoms with E-state index in [0.717, 1.165) is 34.4 Å². The lowest BCUT2D eigenvalue weighted by Crippen LogP contribution is -2.16. The third-order valence-electron chi connectivity index (χ3n) is 7.57. The van der Waals surface area contributed by atoms with Gasteiger partial charge in [0.2, 0.25) is 0 Å².